The number of benzene rings is 2. The molecule has 2 aromatic carbocycles. The average Bonchev–Trinajstić information content (AvgIpc) is 2.68. The van der Waals surface area contributed by atoms with Gasteiger partial charge in [-0.3, -0.25) is 9.59 Å². The molecule has 3 rings (SSSR count). The summed E-state index contributed by atoms with van der Waals surface area (Å²) in [6.45, 7) is 5.40. The number of fused-ring (bicyclic) bond motifs is 1. The topological polar surface area (TPSA) is 78.3 Å². The Balaban J connectivity index is 1.85. The molecular weight excluding hydrogens is 363 g/mol. The van der Waals surface area contributed by atoms with Gasteiger partial charge < -0.3 is 9.30 Å². The summed E-state index contributed by atoms with van der Waals surface area (Å²) in [6, 6.07) is 9.73. The fourth-order valence-corrected chi connectivity index (χ4v) is 2.95. The Morgan fingerprint density at radius 2 is 1.79 bits per heavy atom. The third-order valence-electron chi connectivity index (χ3n) is 4.44. The fraction of sp³-hybridized carbons (Fsp3) is 0.238. The van der Waals surface area contributed by atoms with Crippen LogP contribution < -0.4 is 5.56 Å². The van der Waals surface area contributed by atoms with Crippen molar-refractivity contribution in [3.63, 3.8) is 0 Å². The number of Topliss-reactive ketones (excluding diaryl/α,β-unsaturated/α-hetero) is 1. The van der Waals surface area contributed by atoms with Crippen LogP contribution in [0.3, 0.4) is 0 Å². The number of esters is 1. The molecule has 1 aromatic heterocycles. The van der Waals surface area contributed by atoms with E-state index < -0.39 is 23.7 Å². The van der Waals surface area contributed by atoms with Crippen LogP contribution in [0.5, 0.6) is 0 Å². The van der Waals surface area contributed by atoms with Gasteiger partial charge in [-0.05, 0) is 63.2 Å². The smallest absolute Gasteiger partial charge is 0.338 e. The highest BCUT2D eigenvalue weighted by Gasteiger charge is 2.21. The minimum atomic E-state index is -1.03. The molecule has 6 nitrogen and oxygen atoms in total. The summed E-state index contributed by atoms with van der Waals surface area (Å²) < 4.78 is 19.8. The maximum absolute atomic E-state index is 13.0. The Hall–Kier alpha value is -3.35. The van der Waals surface area contributed by atoms with Gasteiger partial charge in [0, 0.05) is 12.1 Å². The van der Waals surface area contributed by atoms with E-state index in [2.05, 4.69) is 4.98 Å². The number of aryl methyl sites for hydroxylation is 2. The van der Waals surface area contributed by atoms with Gasteiger partial charge in [0.1, 0.15) is 11.5 Å². The van der Waals surface area contributed by atoms with Crippen LogP contribution in [0.1, 0.15) is 40.3 Å². The number of aromatic nitrogens is 2. The van der Waals surface area contributed by atoms with Crippen LogP contribution in [0, 0.1) is 12.7 Å². The quantitative estimate of drug-likeness (QED) is 0.500. The zero-order chi connectivity index (χ0) is 20.4. The minimum absolute atomic E-state index is 0.177. The molecule has 0 bridgehead atoms. The van der Waals surface area contributed by atoms with Crippen LogP contribution >= 0.6 is 0 Å². The van der Waals surface area contributed by atoms with E-state index in [4.69, 9.17) is 4.74 Å². The lowest BCUT2D eigenvalue weighted by Gasteiger charge is -2.13. The number of nitrogens with zero attached hydrogens (tertiary/aromatic N) is 2. The minimum Gasteiger partial charge on any atom is -0.451 e. The normalized spacial score (nSPS) is 12.0. The van der Waals surface area contributed by atoms with E-state index in [1.54, 1.807) is 17.6 Å². The van der Waals surface area contributed by atoms with Crippen LogP contribution in [0.15, 0.2) is 47.3 Å². The summed E-state index contributed by atoms with van der Waals surface area (Å²) >= 11 is 0. The van der Waals surface area contributed by atoms with Crippen LogP contribution in [0.4, 0.5) is 4.39 Å². The van der Waals surface area contributed by atoms with E-state index in [9.17, 15) is 18.8 Å². The van der Waals surface area contributed by atoms with Crippen molar-refractivity contribution in [3.05, 3.63) is 75.5 Å². The molecule has 0 fully saturated rings. The molecule has 0 amide bonds. The van der Waals surface area contributed by atoms with Crippen LogP contribution in [-0.4, -0.2) is 27.4 Å². The molecule has 0 radical (unpaired) electrons. The molecule has 3 aromatic rings. The lowest BCUT2D eigenvalue weighted by molar-refractivity contribution is 0.0319. The van der Waals surface area contributed by atoms with Crippen molar-refractivity contribution in [3.8, 4) is 0 Å². The highest BCUT2D eigenvalue weighted by atomic mass is 19.1. The summed E-state index contributed by atoms with van der Waals surface area (Å²) in [5, 5.41) is 0. The van der Waals surface area contributed by atoms with Gasteiger partial charge in [-0.2, -0.15) is 0 Å². The highest BCUT2D eigenvalue weighted by molar-refractivity contribution is 6.01. The number of carbonyl (C=O) groups is 2. The Morgan fingerprint density at radius 1 is 1.14 bits per heavy atom. The highest BCUT2D eigenvalue weighted by Crippen LogP contribution is 2.16. The van der Waals surface area contributed by atoms with E-state index in [-0.39, 0.29) is 16.7 Å². The van der Waals surface area contributed by atoms with Crippen molar-refractivity contribution in [1.29, 1.82) is 0 Å². The molecule has 28 heavy (non-hydrogen) atoms. The molecule has 1 heterocycles. The maximum Gasteiger partial charge on any atom is 0.338 e. The Labute approximate surface area is 160 Å². The third-order valence-corrected chi connectivity index (χ3v) is 4.44. The second-order valence-corrected chi connectivity index (χ2v) is 6.37. The van der Waals surface area contributed by atoms with Gasteiger partial charge in [0.15, 0.2) is 6.10 Å². The van der Waals surface area contributed by atoms with Crippen molar-refractivity contribution < 1.29 is 18.7 Å². The zero-order valence-corrected chi connectivity index (χ0v) is 15.7. The molecule has 0 aliphatic rings. The number of hydrogen-bond donors (Lipinski definition) is 0. The second kappa shape index (κ2) is 7.72. The predicted molar refractivity (Wildman–Crippen MR) is 102 cm³/mol. The predicted octanol–water partition coefficient (Wildman–Crippen LogP) is 3.29. The SMILES string of the molecule is CCn1c(=O)c(C)nc2cc(C(=O)O[C@@H](C)C(=O)c3ccc(F)cc3)ccc21. The van der Waals surface area contributed by atoms with E-state index in [0.29, 0.717) is 23.3 Å². The van der Waals surface area contributed by atoms with Gasteiger partial charge in [0.25, 0.3) is 5.56 Å². The zero-order valence-electron chi connectivity index (χ0n) is 15.7. The van der Waals surface area contributed by atoms with Crippen molar-refractivity contribution in [2.75, 3.05) is 0 Å². The van der Waals surface area contributed by atoms with Gasteiger partial charge in [0.05, 0.1) is 16.6 Å². The Morgan fingerprint density at radius 3 is 2.43 bits per heavy atom. The number of ketones is 1. The molecule has 144 valence electrons. The van der Waals surface area contributed by atoms with Crippen molar-refractivity contribution in [1.82, 2.24) is 9.55 Å². The van der Waals surface area contributed by atoms with Gasteiger partial charge in [0.2, 0.25) is 5.78 Å². The first-order valence-electron chi connectivity index (χ1n) is 8.83. The lowest BCUT2D eigenvalue weighted by Crippen LogP contribution is -2.25. The molecule has 0 aliphatic heterocycles. The Bertz CT molecular complexity index is 1120. The van der Waals surface area contributed by atoms with Gasteiger partial charge in [-0.15, -0.1) is 0 Å². The first-order valence-corrected chi connectivity index (χ1v) is 8.83. The van der Waals surface area contributed by atoms with Crippen molar-refractivity contribution >= 4 is 22.8 Å². The third kappa shape index (κ3) is 3.69. The second-order valence-electron chi connectivity index (χ2n) is 6.37. The monoisotopic (exact) mass is 382 g/mol. The summed E-state index contributed by atoms with van der Waals surface area (Å²) in [6.07, 6.45) is -1.03. The fourth-order valence-electron chi connectivity index (χ4n) is 2.95. The molecule has 0 N–H and O–H groups in total. The number of carbonyl (C=O) groups excluding carboxylic acids is 2. The molecular formula is C21H19FN2O4. The maximum atomic E-state index is 13.0. The van der Waals surface area contributed by atoms with E-state index in [0.717, 1.165) is 0 Å². The Kier molecular flexibility index (Phi) is 5.35. The summed E-state index contributed by atoms with van der Waals surface area (Å²) in [7, 11) is 0. The van der Waals surface area contributed by atoms with Crippen molar-refractivity contribution in [2.24, 2.45) is 0 Å². The molecule has 0 spiro atoms. The van der Waals surface area contributed by atoms with E-state index >= 15 is 0 Å². The van der Waals surface area contributed by atoms with Crippen LogP contribution in [0.25, 0.3) is 11.0 Å². The molecule has 7 heteroatoms. The van der Waals surface area contributed by atoms with Crippen LogP contribution in [0.2, 0.25) is 0 Å². The lowest BCUT2D eigenvalue weighted by atomic mass is 10.1. The van der Waals surface area contributed by atoms with Gasteiger partial charge in [-0.25, -0.2) is 14.2 Å². The van der Waals surface area contributed by atoms with Gasteiger partial charge in [-0.1, -0.05) is 0 Å². The molecule has 0 saturated carbocycles. The summed E-state index contributed by atoms with van der Waals surface area (Å²) in [5.74, 6) is -1.56. The van der Waals surface area contributed by atoms with Crippen LogP contribution in [-0.2, 0) is 11.3 Å². The molecule has 0 saturated heterocycles. The largest absolute Gasteiger partial charge is 0.451 e. The number of ether oxygens (including phenoxy) is 1. The average molecular weight is 382 g/mol. The first-order chi connectivity index (χ1) is 13.3. The molecule has 0 aliphatic carbocycles. The first kappa shape index (κ1) is 19.4. The number of hydrogen-bond acceptors (Lipinski definition) is 5. The molecule has 0 unspecified atom stereocenters. The summed E-state index contributed by atoms with van der Waals surface area (Å²) in [5.41, 5.74) is 1.74. The van der Waals surface area contributed by atoms with E-state index in [1.165, 1.54) is 43.3 Å². The van der Waals surface area contributed by atoms with E-state index in [1.807, 2.05) is 6.92 Å². The summed E-state index contributed by atoms with van der Waals surface area (Å²) in [4.78, 5) is 41.2. The van der Waals surface area contributed by atoms with Crippen molar-refractivity contribution in [2.45, 2.75) is 33.4 Å². The van der Waals surface area contributed by atoms with Gasteiger partial charge >= 0.3 is 5.97 Å². The number of rotatable bonds is 5. The standard InChI is InChI=1S/C21H19FN2O4/c1-4-24-18-10-7-15(11-17(18)23-12(2)20(24)26)21(27)28-13(3)19(25)14-5-8-16(22)9-6-14/h5-11,13H,4H2,1-3H3/t13-/m0/s1. The molecule has 1 atom stereocenters. The number of halogens is 1.